The summed E-state index contributed by atoms with van der Waals surface area (Å²) in [5, 5.41) is 10.5. The van der Waals surface area contributed by atoms with E-state index in [0.29, 0.717) is 5.69 Å². The summed E-state index contributed by atoms with van der Waals surface area (Å²) in [5.74, 6) is -0.200. The van der Waals surface area contributed by atoms with Gasteiger partial charge in [-0.25, -0.2) is 14.8 Å². The van der Waals surface area contributed by atoms with Gasteiger partial charge in [0, 0.05) is 24.5 Å². The minimum atomic E-state index is -0.990. The van der Waals surface area contributed by atoms with Gasteiger partial charge in [0.05, 0.1) is 23.6 Å². The Balaban J connectivity index is 1.37. The molecule has 1 saturated heterocycles. The Kier molecular flexibility index (Phi) is 4.67. The molecule has 2 aliphatic rings. The van der Waals surface area contributed by atoms with E-state index in [-0.39, 0.29) is 11.8 Å². The van der Waals surface area contributed by atoms with Crippen LogP contribution < -0.4 is 4.74 Å². The van der Waals surface area contributed by atoms with Crippen LogP contribution in [-0.4, -0.2) is 55.7 Å². The Labute approximate surface area is 168 Å². The van der Waals surface area contributed by atoms with Crippen molar-refractivity contribution >= 4 is 16.9 Å². The summed E-state index contributed by atoms with van der Waals surface area (Å²) in [5.41, 5.74) is 1.60. The van der Waals surface area contributed by atoms with Crippen molar-refractivity contribution < 1.29 is 14.6 Å². The normalized spacial score (nSPS) is 18.6. The molecule has 1 aromatic carbocycles. The van der Waals surface area contributed by atoms with Crippen molar-refractivity contribution in [2.24, 2.45) is 0 Å². The molecule has 0 amide bonds. The van der Waals surface area contributed by atoms with Crippen molar-refractivity contribution in [3.05, 3.63) is 48.7 Å². The smallest absolute Gasteiger partial charge is 0.352 e. The number of ether oxygens (including phenoxy) is 1. The van der Waals surface area contributed by atoms with E-state index in [2.05, 4.69) is 14.9 Å². The number of hydrogen-bond acceptors (Lipinski definition) is 5. The largest absolute Gasteiger partial charge is 0.490 e. The number of carbonyl (C=O) groups is 1. The summed E-state index contributed by atoms with van der Waals surface area (Å²) in [6, 6.07) is 8.24. The van der Waals surface area contributed by atoms with Crippen molar-refractivity contribution in [2.45, 2.75) is 44.2 Å². The predicted octanol–water partition coefficient (Wildman–Crippen LogP) is 3.51. The molecule has 1 saturated carbocycles. The van der Waals surface area contributed by atoms with E-state index in [1.807, 2.05) is 18.2 Å². The topological polar surface area (TPSA) is 80.5 Å². The third-order valence-corrected chi connectivity index (χ3v) is 6.17. The number of nitrogens with zero attached hydrogens (tertiary/aromatic N) is 4. The van der Waals surface area contributed by atoms with Crippen LogP contribution in [0.3, 0.4) is 0 Å². The lowest BCUT2D eigenvalue weighted by Crippen LogP contribution is -2.46. The minimum absolute atomic E-state index is 0.181. The van der Waals surface area contributed by atoms with Crippen LogP contribution >= 0.6 is 0 Å². The highest BCUT2D eigenvalue weighted by Crippen LogP contribution is 2.31. The van der Waals surface area contributed by atoms with E-state index in [4.69, 9.17) is 4.74 Å². The molecule has 5 rings (SSSR count). The van der Waals surface area contributed by atoms with Crippen molar-refractivity contribution in [3.63, 3.8) is 0 Å². The van der Waals surface area contributed by atoms with Crippen LogP contribution in [0.15, 0.2) is 43.0 Å². The average Bonchev–Trinajstić information content (AvgIpc) is 3.08. The molecule has 7 heteroatoms. The second-order valence-electron chi connectivity index (χ2n) is 7.93. The van der Waals surface area contributed by atoms with Crippen LogP contribution in [0.5, 0.6) is 5.75 Å². The van der Waals surface area contributed by atoms with Crippen LogP contribution in [0.25, 0.3) is 16.6 Å². The molecule has 3 heterocycles. The Hall–Kier alpha value is -2.93. The van der Waals surface area contributed by atoms with Crippen LogP contribution in [0, 0.1) is 0 Å². The van der Waals surface area contributed by atoms with Crippen LogP contribution in [-0.2, 0) is 0 Å². The van der Waals surface area contributed by atoms with E-state index in [0.717, 1.165) is 48.6 Å². The molecule has 0 spiro atoms. The first-order chi connectivity index (χ1) is 14.2. The van der Waals surface area contributed by atoms with Crippen LogP contribution in [0.4, 0.5) is 0 Å². The van der Waals surface area contributed by atoms with Gasteiger partial charge in [-0.2, -0.15) is 0 Å². The summed E-state index contributed by atoms with van der Waals surface area (Å²) in [6.45, 7) is 2.20. The molecule has 0 radical (unpaired) electrons. The van der Waals surface area contributed by atoms with E-state index < -0.39 is 5.97 Å². The highest BCUT2D eigenvalue weighted by Gasteiger charge is 2.29. The molecule has 1 N–H and O–H groups in total. The number of carboxylic acid groups (broad SMARTS) is 1. The number of hydrogen-bond donors (Lipinski definition) is 1. The fourth-order valence-corrected chi connectivity index (χ4v) is 4.41. The maximum absolute atomic E-state index is 11.8. The maximum atomic E-state index is 11.8. The van der Waals surface area contributed by atoms with Gasteiger partial charge in [0.2, 0.25) is 0 Å². The Morgan fingerprint density at radius 2 is 1.83 bits per heavy atom. The Morgan fingerprint density at radius 1 is 1.07 bits per heavy atom. The molecule has 1 aliphatic heterocycles. The zero-order valence-electron chi connectivity index (χ0n) is 16.2. The molecule has 1 aliphatic carbocycles. The summed E-state index contributed by atoms with van der Waals surface area (Å²) < 4.78 is 7.92. The summed E-state index contributed by atoms with van der Waals surface area (Å²) >= 11 is 0. The number of aromatic nitrogens is 3. The second kappa shape index (κ2) is 7.48. The molecule has 2 aromatic heterocycles. The van der Waals surface area contributed by atoms with Gasteiger partial charge in [0.25, 0.3) is 0 Å². The monoisotopic (exact) mass is 392 g/mol. The molecule has 0 bridgehead atoms. The first-order valence-electron chi connectivity index (χ1n) is 10.2. The number of piperidine rings is 1. The fraction of sp³-hybridized carbons (Fsp3) is 0.409. The van der Waals surface area contributed by atoms with Gasteiger partial charge in [-0.15, -0.1) is 0 Å². The summed E-state index contributed by atoms with van der Waals surface area (Å²) in [6.07, 6.45) is 11.0. The van der Waals surface area contributed by atoms with Crippen LogP contribution in [0.1, 0.15) is 42.6 Å². The molecule has 3 aromatic rings. The summed E-state index contributed by atoms with van der Waals surface area (Å²) in [7, 11) is 0. The Bertz CT molecular complexity index is 1020. The van der Waals surface area contributed by atoms with E-state index in [9.17, 15) is 9.90 Å². The molecule has 150 valence electrons. The van der Waals surface area contributed by atoms with Crippen molar-refractivity contribution in [1.29, 1.82) is 0 Å². The molecular weight excluding hydrogens is 368 g/mol. The van der Waals surface area contributed by atoms with Crippen molar-refractivity contribution in [3.8, 4) is 11.4 Å². The number of fused-ring (bicyclic) bond motifs is 1. The summed E-state index contributed by atoms with van der Waals surface area (Å²) in [4.78, 5) is 22.4. The molecule has 2 fully saturated rings. The molecule has 29 heavy (non-hydrogen) atoms. The maximum Gasteiger partial charge on any atom is 0.352 e. The van der Waals surface area contributed by atoms with Gasteiger partial charge >= 0.3 is 5.97 Å². The SMILES string of the molecule is O=C(O)c1cc2cc(OC3CCN(C4CCC4)CC3)ccc2n1-c1cncnc1. The number of aromatic carboxylic acids is 1. The molecular formula is C22H24N4O3. The number of benzene rings is 1. The third-order valence-electron chi connectivity index (χ3n) is 6.17. The van der Waals surface area contributed by atoms with Crippen molar-refractivity contribution in [1.82, 2.24) is 19.4 Å². The lowest BCUT2D eigenvalue weighted by atomic mass is 9.90. The Morgan fingerprint density at radius 3 is 2.48 bits per heavy atom. The van der Waals surface area contributed by atoms with Crippen molar-refractivity contribution in [2.75, 3.05) is 13.1 Å². The van der Waals surface area contributed by atoms with Gasteiger partial charge in [-0.3, -0.25) is 0 Å². The van der Waals surface area contributed by atoms with Gasteiger partial charge in [-0.1, -0.05) is 6.42 Å². The first-order valence-corrected chi connectivity index (χ1v) is 10.2. The van der Waals surface area contributed by atoms with Gasteiger partial charge in [0.15, 0.2) is 0 Å². The highest BCUT2D eigenvalue weighted by molar-refractivity contribution is 5.96. The molecule has 0 unspecified atom stereocenters. The van der Waals surface area contributed by atoms with E-state index in [1.165, 1.54) is 25.6 Å². The van der Waals surface area contributed by atoms with Gasteiger partial charge in [0.1, 0.15) is 23.9 Å². The lowest BCUT2D eigenvalue weighted by molar-refractivity contribution is 0.0494. The predicted molar refractivity (Wildman–Crippen MR) is 109 cm³/mol. The highest BCUT2D eigenvalue weighted by atomic mass is 16.5. The van der Waals surface area contributed by atoms with E-state index >= 15 is 0 Å². The minimum Gasteiger partial charge on any atom is -0.490 e. The van der Waals surface area contributed by atoms with E-state index in [1.54, 1.807) is 23.0 Å². The number of rotatable bonds is 5. The molecule has 7 nitrogen and oxygen atoms in total. The second-order valence-corrected chi connectivity index (χ2v) is 7.93. The lowest BCUT2D eigenvalue weighted by Gasteiger charge is -2.41. The van der Waals surface area contributed by atoms with Gasteiger partial charge < -0.3 is 19.3 Å². The molecule has 0 atom stereocenters. The zero-order valence-corrected chi connectivity index (χ0v) is 16.2. The quantitative estimate of drug-likeness (QED) is 0.716. The number of likely N-dealkylation sites (tertiary alicyclic amines) is 1. The number of carboxylic acids is 1. The fourth-order valence-electron chi connectivity index (χ4n) is 4.41. The van der Waals surface area contributed by atoms with Gasteiger partial charge in [-0.05, 0) is 49.9 Å². The standard InChI is InChI=1S/C22H24N4O3/c27-22(28)21-11-15-10-19(4-5-20(15)26(21)17-12-23-14-24-13-17)29-18-6-8-25(9-7-18)16-2-1-3-16/h4-5,10-14,16,18H,1-3,6-9H2,(H,27,28). The first kappa shape index (κ1) is 18.1. The average molecular weight is 392 g/mol. The van der Waals surface area contributed by atoms with Crippen LogP contribution in [0.2, 0.25) is 0 Å². The zero-order chi connectivity index (χ0) is 19.8. The third kappa shape index (κ3) is 3.46.